The van der Waals surface area contributed by atoms with Crippen LogP contribution < -0.4 is 11.1 Å². The van der Waals surface area contributed by atoms with Gasteiger partial charge in [-0.1, -0.05) is 20.3 Å². The van der Waals surface area contributed by atoms with Gasteiger partial charge in [-0.05, 0) is 5.92 Å². The van der Waals surface area contributed by atoms with Crippen molar-refractivity contribution in [2.75, 3.05) is 5.32 Å². The molecular weight excluding hydrogens is 234 g/mol. The highest BCUT2D eigenvalue weighted by atomic mass is 35.5. The third kappa shape index (κ3) is 4.15. The van der Waals surface area contributed by atoms with Crippen molar-refractivity contribution in [1.29, 1.82) is 0 Å². The fourth-order valence-corrected chi connectivity index (χ4v) is 1.52. The number of nitrogens with zero attached hydrogens (tertiary/aromatic N) is 1. The minimum Gasteiger partial charge on any atom is -0.320 e. The number of aromatic nitrogens is 1. The maximum Gasteiger partial charge on any atom is 0.243 e. The number of nitrogens with one attached hydrogen (secondary N) is 1. The number of thiazole rings is 1. The van der Waals surface area contributed by atoms with Crippen LogP contribution >= 0.6 is 23.7 Å². The van der Waals surface area contributed by atoms with Crippen LogP contribution in [0.5, 0.6) is 0 Å². The number of anilines is 1. The van der Waals surface area contributed by atoms with Gasteiger partial charge in [0.1, 0.15) is 0 Å². The van der Waals surface area contributed by atoms with E-state index in [9.17, 15) is 4.79 Å². The predicted octanol–water partition coefficient (Wildman–Crippen LogP) is 1.88. The largest absolute Gasteiger partial charge is 0.320 e. The first kappa shape index (κ1) is 14.3. The molecule has 1 rings (SSSR count). The number of carbonyl (C=O) groups is 1. The number of carbonyl (C=O) groups excluding carboxylic acids is 1. The summed E-state index contributed by atoms with van der Waals surface area (Å²) in [4.78, 5) is 15.5. The lowest BCUT2D eigenvalue weighted by Crippen LogP contribution is -2.40. The van der Waals surface area contributed by atoms with Crippen molar-refractivity contribution in [3.05, 3.63) is 11.6 Å². The van der Waals surface area contributed by atoms with Gasteiger partial charge in [-0.2, -0.15) is 0 Å². The van der Waals surface area contributed by atoms with Crippen LogP contribution in [0, 0.1) is 5.92 Å². The molecule has 4 nitrogen and oxygen atoms in total. The SMILES string of the molecule is CC[C@H](C)[C@H](N)C(=O)Nc1nccs1.Cl. The fourth-order valence-electron chi connectivity index (χ4n) is 0.986. The molecule has 0 unspecified atom stereocenters. The van der Waals surface area contributed by atoms with E-state index in [2.05, 4.69) is 10.3 Å². The van der Waals surface area contributed by atoms with Gasteiger partial charge < -0.3 is 11.1 Å². The maximum atomic E-state index is 11.5. The van der Waals surface area contributed by atoms with Gasteiger partial charge >= 0.3 is 0 Å². The van der Waals surface area contributed by atoms with Crippen molar-refractivity contribution in [3.8, 4) is 0 Å². The molecule has 1 heterocycles. The van der Waals surface area contributed by atoms with Crippen molar-refractivity contribution in [1.82, 2.24) is 4.98 Å². The van der Waals surface area contributed by atoms with Gasteiger partial charge in [-0.25, -0.2) is 4.98 Å². The number of rotatable bonds is 4. The van der Waals surface area contributed by atoms with Crippen LogP contribution in [0.3, 0.4) is 0 Å². The van der Waals surface area contributed by atoms with Gasteiger partial charge in [0.2, 0.25) is 5.91 Å². The van der Waals surface area contributed by atoms with Gasteiger partial charge in [0.25, 0.3) is 0 Å². The molecule has 0 spiro atoms. The van der Waals surface area contributed by atoms with E-state index in [0.717, 1.165) is 6.42 Å². The molecule has 0 saturated heterocycles. The van der Waals surface area contributed by atoms with Gasteiger partial charge in [0, 0.05) is 11.6 Å². The zero-order valence-electron chi connectivity index (χ0n) is 8.77. The highest BCUT2D eigenvalue weighted by Gasteiger charge is 2.19. The number of nitrogens with two attached hydrogens (primary N) is 1. The van der Waals surface area contributed by atoms with Crippen LogP contribution in [0.25, 0.3) is 0 Å². The van der Waals surface area contributed by atoms with Crippen molar-refractivity contribution in [2.45, 2.75) is 26.3 Å². The van der Waals surface area contributed by atoms with E-state index in [1.54, 1.807) is 6.20 Å². The highest BCUT2D eigenvalue weighted by molar-refractivity contribution is 7.13. The Balaban J connectivity index is 0.00000196. The molecule has 0 saturated carbocycles. The van der Waals surface area contributed by atoms with E-state index in [-0.39, 0.29) is 24.2 Å². The second kappa shape index (κ2) is 6.76. The molecule has 1 amide bonds. The average molecular weight is 250 g/mol. The van der Waals surface area contributed by atoms with Crippen LogP contribution in [0.4, 0.5) is 5.13 Å². The Morgan fingerprint density at radius 1 is 1.73 bits per heavy atom. The normalized spacial score (nSPS) is 13.8. The molecule has 15 heavy (non-hydrogen) atoms. The molecule has 0 aromatic carbocycles. The standard InChI is InChI=1S/C9H15N3OS.ClH/c1-3-6(2)7(10)8(13)12-9-11-4-5-14-9;/h4-7H,3,10H2,1-2H3,(H,11,12,13);1H/t6-,7-;/m0./s1. The van der Waals surface area contributed by atoms with Gasteiger partial charge in [-0.3, -0.25) is 4.79 Å². The summed E-state index contributed by atoms with van der Waals surface area (Å²) in [5.41, 5.74) is 5.75. The lowest BCUT2D eigenvalue weighted by molar-refractivity contribution is -0.118. The van der Waals surface area contributed by atoms with Crippen LogP contribution in [-0.2, 0) is 4.79 Å². The number of hydrogen-bond acceptors (Lipinski definition) is 4. The Hall–Kier alpha value is -0.650. The summed E-state index contributed by atoms with van der Waals surface area (Å²) in [5, 5.41) is 5.10. The molecule has 0 bridgehead atoms. The smallest absolute Gasteiger partial charge is 0.243 e. The van der Waals surface area contributed by atoms with E-state index in [0.29, 0.717) is 5.13 Å². The molecule has 0 aliphatic carbocycles. The summed E-state index contributed by atoms with van der Waals surface area (Å²) >= 11 is 1.39. The Morgan fingerprint density at radius 2 is 2.40 bits per heavy atom. The molecule has 2 atom stereocenters. The van der Waals surface area contributed by atoms with Crippen molar-refractivity contribution >= 4 is 34.8 Å². The Morgan fingerprint density at radius 3 is 2.87 bits per heavy atom. The van der Waals surface area contributed by atoms with E-state index in [1.807, 2.05) is 19.2 Å². The first-order valence-electron chi connectivity index (χ1n) is 4.61. The van der Waals surface area contributed by atoms with Crippen molar-refractivity contribution in [3.63, 3.8) is 0 Å². The average Bonchev–Trinajstić information content (AvgIpc) is 2.68. The minimum absolute atomic E-state index is 0. The lowest BCUT2D eigenvalue weighted by Gasteiger charge is -2.16. The fraction of sp³-hybridized carbons (Fsp3) is 0.556. The van der Waals surface area contributed by atoms with Crippen LogP contribution in [0.1, 0.15) is 20.3 Å². The molecule has 0 aliphatic rings. The summed E-state index contributed by atoms with van der Waals surface area (Å²) in [6.45, 7) is 3.98. The second-order valence-electron chi connectivity index (χ2n) is 3.24. The lowest BCUT2D eigenvalue weighted by atomic mass is 10.00. The van der Waals surface area contributed by atoms with E-state index < -0.39 is 6.04 Å². The summed E-state index contributed by atoms with van der Waals surface area (Å²) < 4.78 is 0. The molecule has 6 heteroatoms. The monoisotopic (exact) mass is 249 g/mol. The molecule has 1 aromatic heterocycles. The van der Waals surface area contributed by atoms with Crippen LogP contribution in [-0.4, -0.2) is 16.9 Å². The molecule has 86 valence electrons. The Bertz CT molecular complexity index is 292. The highest BCUT2D eigenvalue weighted by Crippen LogP contribution is 2.12. The Kier molecular flexibility index (Phi) is 6.47. The first-order chi connectivity index (χ1) is 6.65. The van der Waals surface area contributed by atoms with Gasteiger partial charge in [-0.15, -0.1) is 23.7 Å². The molecule has 0 fully saturated rings. The molecular formula is C9H16ClN3OS. The van der Waals surface area contributed by atoms with Crippen LogP contribution in [0.15, 0.2) is 11.6 Å². The molecule has 0 radical (unpaired) electrons. The third-order valence-corrected chi connectivity index (χ3v) is 2.91. The summed E-state index contributed by atoms with van der Waals surface area (Å²) in [7, 11) is 0. The quantitative estimate of drug-likeness (QED) is 0.856. The molecule has 1 aromatic rings. The Labute approximate surface area is 99.7 Å². The summed E-state index contributed by atoms with van der Waals surface area (Å²) in [5.74, 6) is 0.0317. The van der Waals surface area contributed by atoms with Crippen molar-refractivity contribution < 1.29 is 4.79 Å². The molecule has 3 N–H and O–H groups in total. The first-order valence-corrected chi connectivity index (χ1v) is 5.49. The maximum absolute atomic E-state index is 11.5. The van der Waals surface area contributed by atoms with Gasteiger partial charge in [0.15, 0.2) is 5.13 Å². The summed E-state index contributed by atoms with van der Waals surface area (Å²) in [6, 6.07) is -0.455. The van der Waals surface area contributed by atoms with E-state index >= 15 is 0 Å². The third-order valence-electron chi connectivity index (χ3n) is 2.22. The molecule has 0 aliphatic heterocycles. The van der Waals surface area contributed by atoms with E-state index in [4.69, 9.17) is 5.73 Å². The van der Waals surface area contributed by atoms with Crippen LogP contribution in [0.2, 0.25) is 0 Å². The number of hydrogen-bond donors (Lipinski definition) is 2. The zero-order chi connectivity index (χ0) is 10.6. The van der Waals surface area contributed by atoms with Crippen molar-refractivity contribution in [2.24, 2.45) is 11.7 Å². The predicted molar refractivity (Wildman–Crippen MR) is 65.4 cm³/mol. The minimum atomic E-state index is -0.455. The van der Waals surface area contributed by atoms with E-state index in [1.165, 1.54) is 11.3 Å². The van der Waals surface area contributed by atoms with Gasteiger partial charge in [0.05, 0.1) is 6.04 Å². The number of amides is 1. The topological polar surface area (TPSA) is 68.0 Å². The second-order valence-corrected chi connectivity index (χ2v) is 4.13. The summed E-state index contributed by atoms with van der Waals surface area (Å²) in [6.07, 6.45) is 2.54. The number of halogens is 1. The zero-order valence-corrected chi connectivity index (χ0v) is 10.4.